The van der Waals surface area contributed by atoms with Crippen LogP contribution in [0, 0.1) is 11.3 Å². The van der Waals surface area contributed by atoms with Crippen molar-refractivity contribution >= 4 is 5.97 Å². The van der Waals surface area contributed by atoms with Gasteiger partial charge in [-0.25, -0.2) is 9.97 Å². The highest BCUT2D eigenvalue weighted by molar-refractivity contribution is 5.79. The molecule has 1 heterocycles. The van der Waals surface area contributed by atoms with Gasteiger partial charge in [-0.15, -0.1) is 0 Å². The molecule has 166 valence electrons. The third-order valence-corrected chi connectivity index (χ3v) is 6.04. The van der Waals surface area contributed by atoms with Gasteiger partial charge in [-0.05, 0) is 40.8 Å². The molecule has 0 unspecified atom stereocenters. The Morgan fingerprint density at radius 2 is 1.62 bits per heavy atom. The minimum atomic E-state index is -0.199. The summed E-state index contributed by atoms with van der Waals surface area (Å²) < 4.78 is 11.6. The van der Waals surface area contributed by atoms with Crippen LogP contribution in [0.3, 0.4) is 0 Å². The number of hydrogen-bond donors (Lipinski definition) is 0. The van der Waals surface area contributed by atoms with Crippen LogP contribution in [0.5, 0.6) is 11.5 Å². The zero-order valence-corrected chi connectivity index (χ0v) is 19.3. The summed E-state index contributed by atoms with van der Waals surface area (Å²) in [6, 6.07) is 17.2. The van der Waals surface area contributed by atoms with Crippen LogP contribution in [-0.2, 0) is 21.6 Å². The summed E-state index contributed by atoms with van der Waals surface area (Å²) in [5.41, 5.74) is 1.60. The number of carbonyl (C=O) groups is 1. The maximum absolute atomic E-state index is 12.9. The SMILES string of the molecule is CC(C)(C)c1ncc([C@H]2[C@H](C(=O)OCc3cccc(Oc4ccccc4)c3)C2(C)C)cn1. The van der Waals surface area contributed by atoms with Crippen molar-refractivity contribution in [3.8, 4) is 11.5 Å². The maximum Gasteiger partial charge on any atom is 0.310 e. The van der Waals surface area contributed by atoms with E-state index in [4.69, 9.17) is 9.47 Å². The predicted molar refractivity (Wildman–Crippen MR) is 123 cm³/mol. The Bertz CT molecular complexity index is 1090. The standard InChI is InChI=1S/C27H30N2O3/c1-26(2,3)25-28-15-19(16-29-25)22-23(27(22,4)5)24(30)31-17-18-10-9-13-21(14-18)32-20-11-7-6-8-12-20/h6-16,22-23H,17H2,1-5H3/t22-,23+/m0/s1. The highest BCUT2D eigenvalue weighted by atomic mass is 16.5. The van der Waals surface area contributed by atoms with Crippen LogP contribution in [0.4, 0.5) is 0 Å². The van der Waals surface area contributed by atoms with Crippen LogP contribution in [0.15, 0.2) is 67.0 Å². The fraction of sp³-hybridized carbons (Fsp3) is 0.370. The van der Waals surface area contributed by atoms with Gasteiger partial charge in [0.25, 0.3) is 0 Å². The summed E-state index contributed by atoms with van der Waals surface area (Å²) in [7, 11) is 0. The van der Waals surface area contributed by atoms with E-state index in [0.29, 0.717) is 5.75 Å². The van der Waals surface area contributed by atoms with Gasteiger partial charge in [0.2, 0.25) is 0 Å². The first-order valence-corrected chi connectivity index (χ1v) is 11.0. The molecule has 5 nitrogen and oxygen atoms in total. The summed E-state index contributed by atoms with van der Waals surface area (Å²) in [4.78, 5) is 21.9. The van der Waals surface area contributed by atoms with Gasteiger partial charge in [0, 0.05) is 23.7 Å². The van der Waals surface area contributed by atoms with E-state index in [2.05, 4.69) is 44.6 Å². The smallest absolute Gasteiger partial charge is 0.310 e. The Hall–Kier alpha value is -3.21. The zero-order valence-electron chi connectivity index (χ0n) is 19.3. The van der Waals surface area contributed by atoms with Crippen molar-refractivity contribution < 1.29 is 14.3 Å². The fourth-order valence-electron chi connectivity index (χ4n) is 4.15. The summed E-state index contributed by atoms with van der Waals surface area (Å²) in [5.74, 6) is 1.96. The monoisotopic (exact) mass is 430 g/mol. The van der Waals surface area contributed by atoms with Gasteiger partial charge in [0.05, 0.1) is 5.92 Å². The molecule has 0 N–H and O–H groups in total. The number of aromatic nitrogens is 2. The molecule has 1 fully saturated rings. The normalized spacial score (nSPS) is 19.3. The molecule has 2 atom stereocenters. The highest BCUT2D eigenvalue weighted by Gasteiger charge is 2.63. The number of benzene rings is 2. The zero-order chi connectivity index (χ0) is 22.9. The van der Waals surface area contributed by atoms with Crippen LogP contribution < -0.4 is 4.74 Å². The average molecular weight is 431 g/mol. The molecule has 1 aromatic heterocycles. The second kappa shape index (κ2) is 8.38. The van der Waals surface area contributed by atoms with E-state index >= 15 is 0 Å². The number of ether oxygens (including phenoxy) is 2. The third-order valence-electron chi connectivity index (χ3n) is 6.04. The number of carbonyl (C=O) groups excluding carboxylic acids is 1. The van der Waals surface area contributed by atoms with Crippen molar-refractivity contribution in [3.05, 3.63) is 83.9 Å². The van der Waals surface area contributed by atoms with Crippen molar-refractivity contribution in [3.63, 3.8) is 0 Å². The molecule has 0 aliphatic heterocycles. The first-order valence-electron chi connectivity index (χ1n) is 11.0. The second-order valence-electron chi connectivity index (χ2n) is 10.0. The summed E-state index contributed by atoms with van der Waals surface area (Å²) in [6.45, 7) is 10.7. The lowest BCUT2D eigenvalue weighted by Gasteiger charge is -2.16. The first kappa shape index (κ1) is 22.0. The van der Waals surface area contributed by atoms with E-state index in [1.54, 1.807) is 0 Å². The molecule has 0 radical (unpaired) electrons. The number of hydrogen-bond acceptors (Lipinski definition) is 5. The fourth-order valence-corrected chi connectivity index (χ4v) is 4.15. The first-order chi connectivity index (χ1) is 15.2. The van der Waals surface area contributed by atoms with Crippen molar-refractivity contribution in [1.29, 1.82) is 0 Å². The molecule has 1 aliphatic rings. The molecule has 32 heavy (non-hydrogen) atoms. The van der Waals surface area contributed by atoms with Gasteiger partial charge >= 0.3 is 5.97 Å². The molecule has 1 aliphatic carbocycles. The molecule has 5 heteroatoms. The minimum Gasteiger partial charge on any atom is -0.461 e. The second-order valence-corrected chi connectivity index (χ2v) is 10.0. The van der Waals surface area contributed by atoms with Crippen molar-refractivity contribution in [1.82, 2.24) is 9.97 Å². The Balaban J connectivity index is 1.38. The topological polar surface area (TPSA) is 61.3 Å². The van der Waals surface area contributed by atoms with Crippen LogP contribution in [0.25, 0.3) is 0 Å². The molecule has 0 spiro atoms. The number of nitrogens with zero attached hydrogens (tertiary/aromatic N) is 2. The van der Waals surface area contributed by atoms with Gasteiger partial charge in [-0.1, -0.05) is 65.0 Å². The third kappa shape index (κ3) is 4.67. The van der Waals surface area contributed by atoms with Gasteiger partial charge in [-0.2, -0.15) is 0 Å². The van der Waals surface area contributed by atoms with Crippen molar-refractivity contribution in [2.24, 2.45) is 11.3 Å². The molecule has 1 saturated carbocycles. The molecular weight excluding hydrogens is 400 g/mol. The van der Waals surface area contributed by atoms with E-state index in [1.165, 1.54) is 0 Å². The molecule has 4 rings (SSSR count). The molecular formula is C27H30N2O3. The Kier molecular flexibility index (Phi) is 5.76. The average Bonchev–Trinajstić information content (AvgIpc) is 3.34. The molecule has 0 bridgehead atoms. The summed E-state index contributed by atoms with van der Waals surface area (Å²) in [5, 5.41) is 0. The molecule has 3 aromatic rings. The van der Waals surface area contributed by atoms with E-state index in [1.807, 2.05) is 67.0 Å². The minimum absolute atomic E-state index is 0.0665. The predicted octanol–water partition coefficient (Wildman–Crippen LogP) is 6.05. The Morgan fingerprint density at radius 3 is 2.28 bits per heavy atom. The number of rotatable bonds is 6. The Morgan fingerprint density at radius 1 is 0.969 bits per heavy atom. The van der Waals surface area contributed by atoms with Gasteiger partial charge in [0.1, 0.15) is 23.9 Å². The lowest BCUT2D eigenvalue weighted by molar-refractivity contribution is -0.147. The van der Waals surface area contributed by atoms with Gasteiger partial charge in [-0.3, -0.25) is 4.79 Å². The highest BCUT2D eigenvalue weighted by Crippen LogP contribution is 2.64. The van der Waals surface area contributed by atoms with E-state index < -0.39 is 0 Å². The van der Waals surface area contributed by atoms with Crippen LogP contribution in [0.2, 0.25) is 0 Å². The van der Waals surface area contributed by atoms with Crippen molar-refractivity contribution in [2.45, 2.75) is 52.6 Å². The van der Waals surface area contributed by atoms with Crippen LogP contribution >= 0.6 is 0 Å². The van der Waals surface area contributed by atoms with Gasteiger partial charge < -0.3 is 9.47 Å². The maximum atomic E-state index is 12.9. The van der Waals surface area contributed by atoms with Crippen LogP contribution in [0.1, 0.15) is 57.5 Å². The van der Waals surface area contributed by atoms with Crippen molar-refractivity contribution in [2.75, 3.05) is 0 Å². The molecule has 0 amide bonds. The lowest BCUT2D eigenvalue weighted by atomic mass is 9.95. The quantitative estimate of drug-likeness (QED) is 0.446. The molecule has 0 saturated heterocycles. The van der Waals surface area contributed by atoms with E-state index in [0.717, 1.165) is 22.7 Å². The summed E-state index contributed by atoms with van der Waals surface area (Å²) in [6.07, 6.45) is 3.72. The molecule has 2 aromatic carbocycles. The summed E-state index contributed by atoms with van der Waals surface area (Å²) >= 11 is 0. The number of para-hydroxylation sites is 1. The van der Waals surface area contributed by atoms with Gasteiger partial charge in [0.15, 0.2) is 0 Å². The number of esters is 1. The van der Waals surface area contributed by atoms with E-state index in [9.17, 15) is 4.79 Å². The Labute approximate surface area is 189 Å². The van der Waals surface area contributed by atoms with Crippen LogP contribution in [-0.4, -0.2) is 15.9 Å². The lowest BCUT2D eigenvalue weighted by Crippen LogP contribution is -2.16. The largest absolute Gasteiger partial charge is 0.461 e. The van der Waals surface area contributed by atoms with E-state index in [-0.39, 0.29) is 35.2 Å².